The van der Waals surface area contributed by atoms with Crippen LogP contribution in [0.4, 0.5) is 5.69 Å². The Morgan fingerprint density at radius 2 is 1.78 bits per heavy atom. The number of hydrogen-bond donors (Lipinski definition) is 1. The largest absolute Gasteiger partial charge is 0.484 e. The van der Waals surface area contributed by atoms with Crippen molar-refractivity contribution in [3.05, 3.63) is 24.3 Å². The second-order valence-electron chi connectivity index (χ2n) is 7.29. The van der Waals surface area contributed by atoms with E-state index in [0.717, 1.165) is 25.7 Å². The van der Waals surface area contributed by atoms with E-state index < -0.39 is 9.84 Å². The summed E-state index contributed by atoms with van der Waals surface area (Å²) in [4.78, 5) is 25.7. The quantitative estimate of drug-likeness (QED) is 0.796. The fourth-order valence-electron chi connectivity index (χ4n) is 3.94. The third kappa shape index (κ3) is 5.22. The summed E-state index contributed by atoms with van der Waals surface area (Å²) in [5.74, 6) is 0.427. The molecule has 1 heterocycles. The number of anilines is 1. The zero-order valence-corrected chi connectivity index (χ0v) is 16.3. The van der Waals surface area contributed by atoms with Gasteiger partial charge >= 0.3 is 0 Å². The summed E-state index contributed by atoms with van der Waals surface area (Å²) in [5, 5.41) is 2.67. The minimum absolute atomic E-state index is 0.0562. The maximum atomic E-state index is 12.9. The Balaban J connectivity index is 1.63. The average molecular weight is 394 g/mol. The molecule has 1 aliphatic heterocycles. The number of nitrogens with zero attached hydrogens (tertiary/aromatic N) is 1. The van der Waals surface area contributed by atoms with Crippen molar-refractivity contribution in [2.24, 2.45) is 0 Å². The van der Waals surface area contributed by atoms with E-state index in [1.54, 1.807) is 29.2 Å². The standard InChI is InChI=1S/C19H26N2O5S/c1-14(22)20-15-6-8-18(9-7-15)26-12-19(23)21(16-4-2-3-5-16)17-10-11-27(24,25)13-17/h6-9,16-17H,2-5,10-13H2,1H3,(H,20,22)/t17-/m1/s1. The second-order valence-corrected chi connectivity index (χ2v) is 9.52. The summed E-state index contributed by atoms with van der Waals surface area (Å²) < 4.78 is 29.4. The minimum atomic E-state index is -3.05. The SMILES string of the molecule is CC(=O)Nc1ccc(OCC(=O)N(C2CCCC2)[C@@H]2CCS(=O)(=O)C2)cc1. The molecule has 148 valence electrons. The Labute approximate surface area is 160 Å². The summed E-state index contributed by atoms with van der Waals surface area (Å²) in [6.45, 7) is 1.32. The van der Waals surface area contributed by atoms with Crippen LogP contribution in [-0.2, 0) is 19.4 Å². The Morgan fingerprint density at radius 3 is 2.33 bits per heavy atom. The van der Waals surface area contributed by atoms with E-state index in [-0.39, 0.29) is 42.0 Å². The van der Waals surface area contributed by atoms with Gasteiger partial charge in [0, 0.05) is 24.7 Å². The van der Waals surface area contributed by atoms with Gasteiger partial charge in [0.15, 0.2) is 16.4 Å². The topological polar surface area (TPSA) is 92.8 Å². The number of sulfone groups is 1. The molecule has 0 spiro atoms. The van der Waals surface area contributed by atoms with Crippen molar-refractivity contribution >= 4 is 27.3 Å². The van der Waals surface area contributed by atoms with Crippen molar-refractivity contribution in [1.29, 1.82) is 0 Å². The van der Waals surface area contributed by atoms with Crippen LogP contribution in [0.2, 0.25) is 0 Å². The lowest BCUT2D eigenvalue weighted by Crippen LogP contribution is -2.48. The number of carbonyl (C=O) groups is 2. The maximum Gasteiger partial charge on any atom is 0.261 e. The van der Waals surface area contributed by atoms with E-state index in [2.05, 4.69) is 5.32 Å². The van der Waals surface area contributed by atoms with Crippen LogP contribution >= 0.6 is 0 Å². The van der Waals surface area contributed by atoms with Gasteiger partial charge < -0.3 is 15.0 Å². The third-order valence-electron chi connectivity index (χ3n) is 5.14. The fourth-order valence-corrected chi connectivity index (χ4v) is 5.65. The summed E-state index contributed by atoms with van der Waals surface area (Å²) in [6.07, 6.45) is 4.50. The number of benzene rings is 1. The highest BCUT2D eigenvalue weighted by atomic mass is 32.2. The van der Waals surface area contributed by atoms with Crippen LogP contribution in [0.1, 0.15) is 39.0 Å². The number of carbonyl (C=O) groups excluding carboxylic acids is 2. The number of hydrogen-bond acceptors (Lipinski definition) is 5. The molecule has 3 rings (SSSR count). The lowest BCUT2D eigenvalue weighted by Gasteiger charge is -2.34. The predicted molar refractivity (Wildman–Crippen MR) is 102 cm³/mol. The summed E-state index contributed by atoms with van der Waals surface area (Å²) in [7, 11) is -3.05. The van der Waals surface area contributed by atoms with Crippen LogP contribution in [0.5, 0.6) is 5.75 Å². The first-order valence-electron chi connectivity index (χ1n) is 9.36. The van der Waals surface area contributed by atoms with Crippen LogP contribution in [0.3, 0.4) is 0 Å². The molecule has 1 atom stereocenters. The van der Waals surface area contributed by atoms with E-state index in [1.165, 1.54) is 6.92 Å². The number of ether oxygens (including phenoxy) is 1. The zero-order valence-electron chi connectivity index (χ0n) is 15.5. The summed E-state index contributed by atoms with van der Waals surface area (Å²) in [6, 6.07) is 6.67. The van der Waals surface area contributed by atoms with Crippen molar-refractivity contribution in [2.45, 2.75) is 51.1 Å². The molecule has 1 aromatic rings. The normalized spacial score (nSPS) is 21.7. The first-order chi connectivity index (χ1) is 12.8. The smallest absolute Gasteiger partial charge is 0.261 e. The van der Waals surface area contributed by atoms with E-state index in [9.17, 15) is 18.0 Å². The molecule has 0 bridgehead atoms. The molecule has 1 saturated heterocycles. The fraction of sp³-hybridized carbons (Fsp3) is 0.579. The Hall–Kier alpha value is -2.09. The lowest BCUT2D eigenvalue weighted by atomic mass is 10.1. The molecule has 2 aliphatic rings. The molecular formula is C19H26N2O5S. The molecule has 1 aliphatic carbocycles. The Bertz CT molecular complexity index is 785. The van der Waals surface area contributed by atoms with Gasteiger partial charge in [0.1, 0.15) is 5.75 Å². The number of amides is 2. The zero-order chi connectivity index (χ0) is 19.4. The average Bonchev–Trinajstić information content (AvgIpc) is 3.24. The molecule has 0 radical (unpaired) electrons. The van der Waals surface area contributed by atoms with Gasteiger partial charge in [0.25, 0.3) is 5.91 Å². The van der Waals surface area contributed by atoms with Gasteiger partial charge in [0.05, 0.1) is 11.5 Å². The van der Waals surface area contributed by atoms with Gasteiger partial charge in [-0.15, -0.1) is 0 Å². The molecule has 0 unspecified atom stereocenters. The highest BCUT2D eigenvalue weighted by Crippen LogP contribution is 2.29. The van der Waals surface area contributed by atoms with E-state index in [1.807, 2.05) is 0 Å². The van der Waals surface area contributed by atoms with Crippen LogP contribution in [0.25, 0.3) is 0 Å². The molecule has 2 fully saturated rings. The number of rotatable bonds is 6. The summed E-state index contributed by atoms with van der Waals surface area (Å²) >= 11 is 0. The van der Waals surface area contributed by atoms with Crippen LogP contribution in [0, 0.1) is 0 Å². The first kappa shape index (κ1) is 19.7. The van der Waals surface area contributed by atoms with Crippen molar-refractivity contribution in [3.63, 3.8) is 0 Å². The molecule has 0 aromatic heterocycles. The molecule has 2 amide bonds. The Morgan fingerprint density at radius 1 is 1.11 bits per heavy atom. The highest BCUT2D eigenvalue weighted by molar-refractivity contribution is 7.91. The molecule has 7 nitrogen and oxygen atoms in total. The van der Waals surface area contributed by atoms with Crippen LogP contribution in [-0.4, -0.2) is 55.3 Å². The number of nitrogens with one attached hydrogen (secondary N) is 1. The third-order valence-corrected chi connectivity index (χ3v) is 6.90. The van der Waals surface area contributed by atoms with Gasteiger partial charge in [-0.2, -0.15) is 0 Å². The van der Waals surface area contributed by atoms with E-state index in [4.69, 9.17) is 4.74 Å². The van der Waals surface area contributed by atoms with Gasteiger partial charge in [-0.1, -0.05) is 12.8 Å². The Kier molecular flexibility index (Phi) is 6.04. The van der Waals surface area contributed by atoms with Crippen molar-refractivity contribution in [3.8, 4) is 5.75 Å². The van der Waals surface area contributed by atoms with Gasteiger partial charge in [-0.25, -0.2) is 8.42 Å². The molecular weight excluding hydrogens is 368 g/mol. The highest BCUT2D eigenvalue weighted by Gasteiger charge is 2.39. The summed E-state index contributed by atoms with van der Waals surface area (Å²) in [5.41, 5.74) is 0.657. The van der Waals surface area contributed by atoms with Crippen molar-refractivity contribution < 1.29 is 22.7 Å². The van der Waals surface area contributed by atoms with Gasteiger partial charge in [-0.3, -0.25) is 9.59 Å². The van der Waals surface area contributed by atoms with Crippen molar-refractivity contribution in [2.75, 3.05) is 23.4 Å². The molecule has 1 aromatic carbocycles. The van der Waals surface area contributed by atoms with Crippen LogP contribution in [0.15, 0.2) is 24.3 Å². The lowest BCUT2D eigenvalue weighted by molar-refractivity contribution is -0.137. The maximum absolute atomic E-state index is 12.9. The molecule has 1 saturated carbocycles. The monoisotopic (exact) mass is 394 g/mol. The van der Waals surface area contributed by atoms with Crippen LogP contribution < -0.4 is 10.1 Å². The van der Waals surface area contributed by atoms with Gasteiger partial charge in [0.2, 0.25) is 5.91 Å². The van der Waals surface area contributed by atoms with E-state index >= 15 is 0 Å². The second kappa shape index (κ2) is 8.29. The predicted octanol–water partition coefficient (Wildman–Crippen LogP) is 1.98. The van der Waals surface area contributed by atoms with E-state index in [0.29, 0.717) is 17.9 Å². The molecule has 1 N–H and O–H groups in total. The van der Waals surface area contributed by atoms with Crippen molar-refractivity contribution in [1.82, 2.24) is 4.90 Å². The molecule has 27 heavy (non-hydrogen) atoms. The molecule has 8 heteroatoms. The minimum Gasteiger partial charge on any atom is -0.484 e. The first-order valence-corrected chi connectivity index (χ1v) is 11.2. The van der Waals surface area contributed by atoms with Gasteiger partial charge in [-0.05, 0) is 43.5 Å².